The summed E-state index contributed by atoms with van der Waals surface area (Å²) in [6.45, 7) is 4.66. The van der Waals surface area contributed by atoms with Gasteiger partial charge in [0, 0.05) is 41.8 Å². The van der Waals surface area contributed by atoms with Gasteiger partial charge in [-0.15, -0.1) is 0 Å². The lowest BCUT2D eigenvalue weighted by Gasteiger charge is -2.21. The van der Waals surface area contributed by atoms with Crippen LogP contribution in [0.5, 0.6) is 0 Å². The fraction of sp³-hybridized carbons (Fsp3) is 0.364. The largest absolute Gasteiger partial charge is 0.313 e. The number of hydrogen-bond donors (Lipinski definition) is 0. The quantitative estimate of drug-likeness (QED) is 0.585. The monoisotopic (exact) mass is 492 g/mol. The normalized spacial score (nSPS) is 13.2. The zero-order valence-corrected chi connectivity index (χ0v) is 19.5. The number of sulfone groups is 1. The molecule has 30 heavy (non-hydrogen) atoms. The van der Waals surface area contributed by atoms with E-state index in [1.807, 2.05) is 37.3 Å². The first-order valence-corrected chi connectivity index (χ1v) is 12.4. The van der Waals surface area contributed by atoms with E-state index in [1.165, 1.54) is 0 Å². The molecular formula is C22H25BrN2O4S. The van der Waals surface area contributed by atoms with Crippen molar-refractivity contribution in [2.45, 2.75) is 38.0 Å². The van der Waals surface area contributed by atoms with Crippen molar-refractivity contribution in [2.24, 2.45) is 0 Å². The number of carbonyl (C=O) groups is 2. The molecule has 0 saturated carbocycles. The average molecular weight is 493 g/mol. The Kier molecular flexibility index (Phi) is 6.98. The molecule has 2 aromatic rings. The molecule has 1 aliphatic rings. The number of anilines is 2. The van der Waals surface area contributed by atoms with E-state index < -0.39 is 9.84 Å². The second-order valence-corrected chi connectivity index (χ2v) is 10.0. The Morgan fingerprint density at radius 1 is 1.13 bits per heavy atom. The first kappa shape index (κ1) is 22.5. The van der Waals surface area contributed by atoms with Crippen molar-refractivity contribution < 1.29 is 18.0 Å². The summed E-state index contributed by atoms with van der Waals surface area (Å²) in [5.41, 5.74) is 2.34. The van der Waals surface area contributed by atoms with Crippen LogP contribution < -0.4 is 9.80 Å². The van der Waals surface area contributed by atoms with E-state index in [9.17, 15) is 18.0 Å². The van der Waals surface area contributed by atoms with Crippen LogP contribution in [-0.4, -0.2) is 39.1 Å². The standard InChI is InChI=1S/C22H25BrN2O4S/c1-3-21(26)25-12-10-16-14-18(23)20(15-19(16)25)30(28,29)13-11-22(27)24(4-2)17-8-6-5-7-9-17/h5-9,14-15H,3-4,10-13H2,1-2H3. The summed E-state index contributed by atoms with van der Waals surface area (Å²) < 4.78 is 26.6. The van der Waals surface area contributed by atoms with Gasteiger partial charge < -0.3 is 9.80 Å². The van der Waals surface area contributed by atoms with Crippen molar-refractivity contribution in [2.75, 3.05) is 28.6 Å². The minimum atomic E-state index is -3.72. The van der Waals surface area contributed by atoms with Crippen molar-refractivity contribution >= 4 is 49.0 Å². The number of amides is 2. The molecule has 0 aromatic heterocycles. The van der Waals surface area contributed by atoms with Crippen molar-refractivity contribution in [1.29, 1.82) is 0 Å². The number of hydrogen-bond acceptors (Lipinski definition) is 4. The molecule has 0 fully saturated rings. The molecule has 0 saturated heterocycles. The molecule has 0 atom stereocenters. The summed E-state index contributed by atoms with van der Waals surface area (Å²) in [4.78, 5) is 28.2. The first-order valence-electron chi connectivity index (χ1n) is 9.99. The third-order valence-electron chi connectivity index (χ3n) is 5.24. The Hall–Kier alpha value is -2.19. The topological polar surface area (TPSA) is 74.8 Å². The SMILES string of the molecule is CCC(=O)N1CCc2cc(Br)c(S(=O)(=O)CCC(=O)N(CC)c3ccccc3)cc21. The second kappa shape index (κ2) is 9.31. The number of rotatable bonds is 7. The van der Waals surface area contributed by atoms with Gasteiger partial charge in [-0.3, -0.25) is 9.59 Å². The Balaban J connectivity index is 1.81. The van der Waals surface area contributed by atoms with Gasteiger partial charge in [-0.05, 0) is 59.1 Å². The Morgan fingerprint density at radius 3 is 2.47 bits per heavy atom. The fourth-order valence-corrected chi connectivity index (χ4v) is 6.09. The summed E-state index contributed by atoms with van der Waals surface area (Å²) in [6.07, 6.45) is 0.936. The second-order valence-electron chi connectivity index (χ2n) is 7.10. The van der Waals surface area contributed by atoms with Crippen LogP contribution in [0.15, 0.2) is 51.8 Å². The number of halogens is 1. The van der Waals surface area contributed by atoms with E-state index in [1.54, 1.807) is 28.9 Å². The maximum atomic E-state index is 13.0. The van der Waals surface area contributed by atoms with E-state index in [2.05, 4.69) is 15.9 Å². The molecule has 1 aliphatic heterocycles. The minimum absolute atomic E-state index is 0.0314. The molecule has 0 radical (unpaired) electrons. The van der Waals surface area contributed by atoms with Gasteiger partial charge in [0.1, 0.15) is 0 Å². The third kappa shape index (κ3) is 4.59. The lowest BCUT2D eigenvalue weighted by molar-refractivity contribution is -0.119. The van der Waals surface area contributed by atoms with E-state index >= 15 is 0 Å². The summed E-state index contributed by atoms with van der Waals surface area (Å²) in [5.74, 6) is -0.572. The highest BCUT2D eigenvalue weighted by Gasteiger charge is 2.29. The zero-order chi connectivity index (χ0) is 21.9. The lowest BCUT2D eigenvalue weighted by atomic mass is 10.2. The zero-order valence-electron chi connectivity index (χ0n) is 17.1. The molecule has 160 valence electrons. The van der Waals surface area contributed by atoms with Crippen LogP contribution in [0.25, 0.3) is 0 Å². The maximum Gasteiger partial charge on any atom is 0.228 e. The molecular weight excluding hydrogens is 468 g/mol. The van der Waals surface area contributed by atoms with Gasteiger partial charge in [0.05, 0.1) is 10.6 Å². The number of para-hydroxylation sites is 1. The number of fused-ring (bicyclic) bond motifs is 1. The molecule has 0 spiro atoms. The Labute approximate surface area is 185 Å². The molecule has 1 heterocycles. The predicted octanol–water partition coefficient (Wildman–Crippen LogP) is 3.97. The average Bonchev–Trinajstić information content (AvgIpc) is 3.15. The smallest absolute Gasteiger partial charge is 0.228 e. The van der Waals surface area contributed by atoms with E-state index in [0.29, 0.717) is 36.1 Å². The van der Waals surface area contributed by atoms with Gasteiger partial charge in [-0.25, -0.2) is 8.42 Å². The fourth-order valence-electron chi connectivity index (χ4n) is 3.65. The van der Waals surface area contributed by atoms with Gasteiger partial charge in [-0.1, -0.05) is 25.1 Å². The van der Waals surface area contributed by atoms with Crippen LogP contribution in [0.3, 0.4) is 0 Å². The Bertz CT molecular complexity index is 1050. The van der Waals surface area contributed by atoms with Crippen LogP contribution in [-0.2, 0) is 25.8 Å². The molecule has 0 aliphatic carbocycles. The van der Waals surface area contributed by atoms with Crippen molar-refractivity contribution in [1.82, 2.24) is 0 Å². The number of carbonyl (C=O) groups excluding carboxylic acids is 2. The van der Waals surface area contributed by atoms with Crippen molar-refractivity contribution in [3.05, 3.63) is 52.5 Å². The summed E-state index contributed by atoms with van der Waals surface area (Å²) in [7, 11) is -3.72. The van der Waals surface area contributed by atoms with E-state index in [0.717, 1.165) is 11.3 Å². The lowest BCUT2D eigenvalue weighted by Crippen LogP contribution is -2.32. The molecule has 0 bridgehead atoms. The Morgan fingerprint density at radius 2 is 1.83 bits per heavy atom. The number of nitrogens with zero attached hydrogens (tertiary/aromatic N) is 2. The first-order chi connectivity index (χ1) is 14.3. The van der Waals surface area contributed by atoms with Crippen LogP contribution in [0.4, 0.5) is 11.4 Å². The molecule has 8 heteroatoms. The molecule has 6 nitrogen and oxygen atoms in total. The van der Waals surface area contributed by atoms with E-state index in [4.69, 9.17) is 0 Å². The van der Waals surface area contributed by atoms with Gasteiger partial charge in [-0.2, -0.15) is 0 Å². The van der Waals surface area contributed by atoms with Crippen LogP contribution in [0, 0.1) is 0 Å². The van der Waals surface area contributed by atoms with Crippen LogP contribution in [0.2, 0.25) is 0 Å². The van der Waals surface area contributed by atoms with Crippen LogP contribution >= 0.6 is 15.9 Å². The highest BCUT2D eigenvalue weighted by atomic mass is 79.9. The summed E-state index contributed by atoms with van der Waals surface area (Å²) in [5, 5.41) is 0. The van der Waals surface area contributed by atoms with Crippen LogP contribution in [0.1, 0.15) is 32.3 Å². The van der Waals surface area contributed by atoms with Crippen molar-refractivity contribution in [3.63, 3.8) is 0 Å². The highest BCUT2D eigenvalue weighted by Crippen LogP contribution is 2.36. The van der Waals surface area contributed by atoms with Gasteiger partial charge >= 0.3 is 0 Å². The third-order valence-corrected chi connectivity index (χ3v) is 7.91. The van der Waals surface area contributed by atoms with Gasteiger partial charge in [0.15, 0.2) is 9.84 Å². The summed E-state index contributed by atoms with van der Waals surface area (Å²) in [6, 6.07) is 12.5. The van der Waals surface area contributed by atoms with Crippen molar-refractivity contribution in [3.8, 4) is 0 Å². The highest BCUT2D eigenvalue weighted by molar-refractivity contribution is 9.10. The predicted molar refractivity (Wildman–Crippen MR) is 122 cm³/mol. The van der Waals surface area contributed by atoms with Gasteiger partial charge in [0.25, 0.3) is 0 Å². The van der Waals surface area contributed by atoms with Gasteiger partial charge in [0.2, 0.25) is 11.8 Å². The molecule has 3 rings (SSSR count). The van der Waals surface area contributed by atoms with E-state index in [-0.39, 0.29) is 28.9 Å². The maximum absolute atomic E-state index is 13.0. The summed E-state index contributed by atoms with van der Waals surface area (Å²) >= 11 is 3.37. The minimum Gasteiger partial charge on any atom is -0.313 e. The molecule has 0 N–H and O–H groups in total. The molecule has 0 unspecified atom stereocenters. The molecule has 2 aromatic carbocycles. The number of benzene rings is 2. The molecule has 2 amide bonds.